The van der Waals surface area contributed by atoms with Gasteiger partial charge >= 0.3 is 5.97 Å². The van der Waals surface area contributed by atoms with Crippen LogP contribution in [0.3, 0.4) is 0 Å². The van der Waals surface area contributed by atoms with Gasteiger partial charge in [0, 0.05) is 13.0 Å². The van der Waals surface area contributed by atoms with E-state index in [1.54, 1.807) is 0 Å². The van der Waals surface area contributed by atoms with E-state index in [0.717, 1.165) is 5.57 Å². The van der Waals surface area contributed by atoms with Crippen molar-refractivity contribution in [3.8, 4) is 0 Å². The molecule has 19 heavy (non-hydrogen) atoms. The van der Waals surface area contributed by atoms with Crippen LogP contribution in [-0.2, 0) is 19.1 Å². The summed E-state index contributed by atoms with van der Waals surface area (Å²) in [5.74, 6) is -1.17. The van der Waals surface area contributed by atoms with Gasteiger partial charge in [-0.3, -0.25) is 9.59 Å². The van der Waals surface area contributed by atoms with Crippen molar-refractivity contribution >= 4 is 18.2 Å². The van der Waals surface area contributed by atoms with Gasteiger partial charge in [-0.25, -0.2) is 0 Å². The number of carboxylic acids is 1. The van der Waals surface area contributed by atoms with Crippen LogP contribution in [0, 0.1) is 0 Å². The van der Waals surface area contributed by atoms with Gasteiger partial charge in [0.05, 0.1) is 11.6 Å². The first-order chi connectivity index (χ1) is 9.11. The van der Waals surface area contributed by atoms with Crippen molar-refractivity contribution in [2.75, 3.05) is 6.54 Å². The van der Waals surface area contributed by atoms with Gasteiger partial charge in [-0.05, 0) is 12.0 Å². The smallest absolute Gasteiger partial charge is 0.303 e. The summed E-state index contributed by atoms with van der Waals surface area (Å²) < 4.78 is 5.35. The van der Waals surface area contributed by atoms with Crippen molar-refractivity contribution in [3.05, 3.63) is 23.3 Å². The second kappa shape index (κ2) is 4.31. The number of carbonyl (C=O) groups excluding carboxylic acids is 2. The third kappa shape index (κ3) is 1.98. The van der Waals surface area contributed by atoms with Crippen molar-refractivity contribution in [1.29, 1.82) is 0 Å². The van der Waals surface area contributed by atoms with Gasteiger partial charge in [0.15, 0.2) is 0 Å². The Morgan fingerprint density at radius 1 is 1.63 bits per heavy atom. The summed E-state index contributed by atoms with van der Waals surface area (Å²) in [6, 6.07) is -0.681. The molecule has 1 N–H and O–H groups in total. The van der Waals surface area contributed by atoms with Crippen LogP contribution in [0.1, 0.15) is 12.8 Å². The number of carbonyl (C=O) groups is 3. The summed E-state index contributed by atoms with van der Waals surface area (Å²) in [6.07, 6.45) is 4.27. The van der Waals surface area contributed by atoms with E-state index in [0.29, 0.717) is 18.4 Å². The Kier molecular flexibility index (Phi) is 2.74. The van der Waals surface area contributed by atoms with Crippen LogP contribution in [0.4, 0.5) is 0 Å². The summed E-state index contributed by atoms with van der Waals surface area (Å²) in [5.41, 5.74) is 1.51. The van der Waals surface area contributed by atoms with E-state index >= 15 is 0 Å². The Morgan fingerprint density at radius 3 is 3.11 bits per heavy atom. The number of rotatable bonds is 5. The van der Waals surface area contributed by atoms with Crippen molar-refractivity contribution in [2.45, 2.75) is 31.1 Å². The third-order valence-corrected chi connectivity index (χ3v) is 3.69. The van der Waals surface area contributed by atoms with Crippen molar-refractivity contribution in [2.24, 2.45) is 0 Å². The molecule has 0 spiro atoms. The predicted molar refractivity (Wildman–Crippen MR) is 63.3 cm³/mol. The molecule has 1 fully saturated rings. The lowest BCUT2D eigenvalue weighted by atomic mass is 10.0. The maximum Gasteiger partial charge on any atom is 0.303 e. The largest absolute Gasteiger partial charge is 0.481 e. The van der Waals surface area contributed by atoms with Crippen LogP contribution in [-0.4, -0.2) is 53.0 Å². The van der Waals surface area contributed by atoms with Crippen LogP contribution in [0.15, 0.2) is 23.3 Å². The van der Waals surface area contributed by atoms with E-state index in [1.165, 1.54) is 4.90 Å². The van der Waals surface area contributed by atoms with E-state index in [9.17, 15) is 14.4 Å². The molecule has 1 amide bonds. The number of carboxylic acid groups (broad SMARTS) is 1. The van der Waals surface area contributed by atoms with Crippen LogP contribution in [0.2, 0.25) is 0 Å². The number of aldehydes is 1. The molecule has 100 valence electrons. The summed E-state index contributed by atoms with van der Waals surface area (Å²) in [6.45, 7) is 0.361. The molecule has 2 heterocycles. The molecule has 3 rings (SSSR count). The molecule has 3 atom stereocenters. The molecule has 3 aliphatic rings. The predicted octanol–water partition coefficient (Wildman–Crippen LogP) is -0.105. The average molecular weight is 263 g/mol. The number of fused-ring (bicyclic) bond motifs is 2. The van der Waals surface area contributed by atoms with E-state index in [-0.39, 0.29) is 31.0 Å². The Bertz CT molecular complexity index is 521. The fraction of sp³-hybridized carbons (Fsp3) is 0.462. The maximum atomic E-state index is 12.3. The van der Waals surface area contributed by atoms with Crippen LogP contribution >= 0.6 is 0 Å². The molecule has 0 saturated carbocycles. The molecule has 3 unspecified atom stereocenters. The minimum absolute atomic E-state index is 0.00338. The Hall–Kier alpha value is -1.95. The number of nitrogens with zero attached hydrogens (tertiary/aromatic N) is 1. The zero-order valence-corrected chi connectivity index (χ0v) is 10.1. The number of amides is 1. The summed E-state index contributed by atoms with van der Waals surface area (Å²) >= 11 is 0. The first kappa shape index (κ1) is 12.1. The van der Waals surface area contributed by atoms with E-state index in [4.69, 9.17) is 9.84 Å². The summed E-state index contributed by atoms with van der Waals surface area (Å²) in [7, 11) is 0. The molecule has 1 aliphatic carbocycles. The van der Waals surface area contributed by atoms with Gasteiger partial charge in [-0.15, -0.1) is 0 Å². The Balaban J connectivity index is 1.74. The van der Waals surface area contributed by atoms with E-state index < -0.39 is 12.0 Å². The number of aliphatic carboxylic acids is 1. The first-order valence-corrected chi connectivity index (χ1v) is 6.16. The second-order valence-electron chi connectivity index (χ2n) is 4.89. The molecule has 0 bridgehead atoms. The molecule has 2 aliphatic heterocycles. The lowest BCUT2D eigenvalue weighted by molar-refractivity contribution is -0.138. The molecule has 6 heteroatoms. The number of hydrogen-bond acceptors (Lipinski definition) is 4. The van der Waals surface area contributed by atoms with Crippen molar-refractivity contribution < 1.29 is 24.2 Å². The van der Waals surface area contributed by atoms with Crippen LogP contribution in [0.25, 0.3) is 0 Å². The molecule has 0 radical (unpaired) electrons. The zero-order chi connectivity index (χ0) is 13.6. The van der Waals surface area contributed by atoms with Crippen LogP contribution < -0.4 is 0 Å². The van der Waals surface area contributed by atoms with E-state index in [2.05, 4.69) is 0 Å². The van der Waals surface area contributed by atoms with E-state index in [1.807, 2.05) is 12.2 Å². The maximum absolute atomic E-state index is 12.3. The topological polar surface area (TPSA) is 87.2 Å². The highest BCUT2D eigenvalue weighted by Gasteiger charge is 2.50. The lowest BCUT2D eigenvalue weighted by Gasteiger charge is -2.23. The molecule has 0 aromatic carbocycles. The molecule has 0 aromatic rings. The average Bonchev–Trinajstić information content (AvgIpc) is 3.09. The Labute approximate surface area is 109 Å². The standard InChI is InChI=1S/C13H13NO5/c15-6-8(2-4-10(16)17)14-5-7-1-3-9-12(19-9)11(7)13(14)18/h1,3,6,8-9,12H,2,4-5H2,(H,16,17). The van der Waals surface area contributed by atoms with Crippen LogP contribution in [0.5, 0.6) is 0 Å². The first-order valence-electron chi connectivity index (χ1n) is 6.16. The minimum atomic E-state index is -0.971. The van der Waals surface area contributed by atoms with Gasteiger partial charge in [0.2, 0.25) is 0 Å². The van der Waals surface area contributed by atoms with Gasteiger partial charge in [0.25, 0.3) is 5.91 Å². The molecular formula is C13H13NO5. The minimum Gasteiger partial charge on any atom is -0.481 e. The Morgan fingerprint density at radius 2 is 2.42 bits per heavy atom. The summed E-state index contributed by atoms with van der Waals surface area (Å²) in [4.78, 5) is 35.4. The molecule has 0 aromatic heterocycles. The highest BCUT2D eigenvalue weighted by molar-refractivity contribution is 6.01. The number of hydrogen-bond donors (Lipinski definition) is 1. The quantitative estimate of drug-likeness (QED) is 0.552. The van der Waals surface area contributed by atoms with Crippen molar-refractivity contribution in [1.82, 2.24) is 4.90 Å². The van der Waals surface area contributed by atoms with Gasteiger partial charge < -0.3 is 19.5 Å². The van der Waals surface area contributed by atoms with Crippen molar-refractivity contribution in [3.63, 3.8) is 0 Å². The lowest BCUT2D eigenvalue weighted by Crippen LogP contribution is -2.39. The monoisotopic (exact) mass is 263 g/mol. The third-order valence-electron chi connectivity index (χ3n) is 3.69. The fourth-order valence-electron chi connectivity index (χ4n) is 2.63. The van der Waals surface area contributed by atoms with Gasteiger partial charge in [-0.1, -0.05) is 12.2 Å². The zero-order valence-electron chi connectivity index (χ0n) is 10.1. The van der Waals surface area contributed by atoms with Gasteiger partial charge in [-0.2, -0.15) is 0 Å². The molecule has 1 saturated heterocycles. The highest BCUT2D eigenvalue weighted by Crippen LogP contribution is 2.40. The number of epoxide rings is 1. The number of ether oxygens (including phenoxy) is 1. The normalized spacial score (nSPS) is 29.1. The SMILES string of the molecule is O=CC(CCC(=O)O)N1CC2=C(C1=O)C1OC1C=C2. The molecular weight excluding hydrogens is 250 g/mol. The van der Waals surface area contributed by atoms with Gasteiger partial charge in [0.1, 0.15) is 18.5 Å². The summed E-state index contributed by atoms with van der Waals surface area (Å²) in [5, 5.41) is 8.66. The fourth-order valence-corrected chi connectivity index (χ4v) is 2.63. The second-order valence-corrected chi connectivity index (χ2v) is 4.89. The highest BCUT2D eigenvalue weighted by atomic mass is 16.6. The molecule has 6 nitrogen and oxygen atoms in total.